The lowest BCUT2D eigenvalue weighted by molar-refractivity contribution is 0.0925. The van der Waals surface area contributed by atoms with Crippen LogP contribution in [0, 0.1) is 12.8 Å². The van der Waals surface area contributed by atoms with Crippen LogP contribution in [0.3, 0.4) is 0 Å². The van der Waals surface area contributed by atoms with E-state index >= 15 is 0 Å². The summed E-state index contributed by atoms with van der Waals surface area (Å²) in [6.45, 7) is 7.32. The number of aryl methyl sites for hydroxylation is 1. The van der Waals surface area contributed by atoms with Crippen molar-refractivity contribution in [3.05, 3.63) is 59.2 Å². The molecule has 2 aromatic carbocycles. The Morgan fingerprint density at radius 2 is 1.67 bits per heavy atom. The molecule has 4 heteroatoms. The van der Waals surface area contributed by atoms with E-state index < -0.39 is 0 Å². The zero-order valence-electron chi connectivity index (χ0n) is 14.3. The molecule has 0 bridgehead atoms. The Kier molecular flexibility index (Phi) is 4.74. The van der Waals surface area contributed by atoms with Gasteiger partial charge in [0.05, 0.1) is 6.04 Å². The van der Waals surface area contributed by atoms with Crippen LogP contribution in [0.4, 0.5) is 0 Å². The van der Waals surface area contributed by atoms with E-state index in [0.717, 1.165) is 22.6 Å². The number of ether oxygens (including phenoxy) is 2. The molecule has 1 amide bonds. The Morgan fingerprint density at radius 3 is 2.33 bits per heavy atom. The predicted molar refractivity (Wildman–Crippen MR) is 93.7 cm³/mol. The van der Waals surface area contributed by atoms with Gasteiger partial charge in [0.2, 0.25) is 0 Å². The third-order valence-corrected chi connectivity index (χ3v) is 4.19. The topological polar surface area (TPSA) is 47.6 Å². The number of amides is 1. The summed E-state index contributed by atoms with van der Waals surface area (Å²) in [4.78, 5) is 12.6. The van der Waals surface area contributed by atoms with Crippen LogP contribution in [-0.4, -0.2) is 19.1 Å². The first kappa shape index (κ1) is 16.4. The standard InChI is InChI=1S/C20H23NO3/c1-13(2)19(21-20(22)15-6-4-14(3)5-7-15)16-8-9-17-18(12-16)24-11-10-23-17/h4-9,12-13,19H,10-11H2,1-3H3,(H,21,22)/t19-/m0/s1. The van der Waals surface area contributed by atoms with Crippen LogP contribution in [0.25, 0.3) is 0 Å². The normalized spacial score (nSPS) is 14.3. The molecule has 24 heavy (non-hydrogen) atoms. The summed E-state index contributed by atoms with van der Waals surface area (Å²) < 4.78 is 11.2. The zero-order chi connectivity index (χ0) is 17.1. The van der Waals surface area contributed by atoms with E-state index in [1.54, 1.807) is 0 Å². The molecule has 0 aliphatic carbocycles. The minimum absolute atomic E-state index is 0.0661. The fraction of sp³-hybridized carbons (Fsp3) is 0.350. The van der Waals surface area contributed by atoms with Gasteiger partial charge in [-0.25, -0.2) is 0 Å². The van der Waals surface area contributed by atoms with Crippen LogP contribution in [0.2, 0.25) is 0 Å². The molecule has 0 radical (unpaired) electrons. The second-order valence-electron chi connectivity index (χ2n) is 6.46. The van der Waals surface area contributed by atoms with Crippen LogP contribution in [-0.2, 0) is 0 Å². The third-order valence-electron chi connectivity index (χ3n) is 4.19. The van der Waals surface area contributed by atoms with Gasteiger partial charge in [0, 0.05) is 5.56 Å². The van der Waals surface area contributed by atoms with E-state index in [-0.39, 0.29) is 17.9 Å². The van der Waals surface area contributed by atoms with Crippen molar-refractivity contribution < 1.29 is 14.3 Å². The number of carbonyl (C=O) groups excluding carboxylic acids is 1. The smallest absolute Gasteiger partial charge is 0.251 e. The molecule has 1 atom stereocenters. The molecular weight excluding hydrogens is 302 g/mol. The summed E-state index contributed by atoms with van der Waals surface area (Å²) in [5.41, 5.74) is 2.83. The summed E-state index contributed by atoms with van der Waals surface area (Å²) in [6.07, 6.45) is 0. The van der Waals surface area contributed by atoms with Gasteiger partial charge in [-0.3, -0.25) is 4.79 Å². The number of nitrogens with one attached hydrogen (secondary N) is 1. The molecule has 2 aromatic rings. The molecule has 1 heterocycles. The van der Waals surface area contributed by atoms with Crippen molar-refractivity contribution in [3.8, 4) is 11.5 Å². The summed E-state index contributed by atoms with van der Waals surface area (Å²) in [6, 6.07) is 13.4. The summed E-state index contributed by atoms with van der Waals surface area (Å²) in [7, 11) is 0. The molecule has 0 saturated heterocycles. The maximum Gasteiger partial charge on any atom is 0.251 e. The number of fused-ring (bicyclic) bond motifs is 1. The molecule has 0 aromatic heterocycles. The average molecular weight is 325 g/mol. The van der Waals surface area contributed by atoms with Crippen molar-refractivity contribution in [2.45, 2.75) is 26.8 Å². The molecule has 0 fully saturated rings. The van der Waals surface area contributed by atoms with E-state index in [0.29, 0.717) is 18.8 Å². The highest BCUT2D eigenvalue weighted by molar-refractivity contribution is 5.94. The van der Waals surface area contributed by atoms with Gasteiger partial charge in [-0.1, -0.05) is 37.6 Å². The van der Waals surface area contributed by atoms with E-state index in [4.69, 9.17) is 9.47 Å². The van der Waals surface area contributed by atoms with Crippen LogP contribution < -0.4 is 14.8 Å². The van der Waals surface area contributed by atoms with Gasteiger partial charge >= 0.3 is 0 Å². The summed E-state index contributed by atoms with van der Waals surface area (Å²) in [5, 5.41) is 3.14. The minimum Gasteiger partial charge on any atom is -0.486 e. The Labute approximate surface area is 142 Å². The molecule has 1 aliphatic heterocycles. The van der Waals surface area contributed by atoms with Gasteiger partial charge in [-0.15, -0.1) is 0 Å². The van der Waals surface area contributed by atoms with Gasteiger partial charge in [0.15, 0.2) is 11.5 Å². The predicted octanol–water partition coefficient (Wildman–Crippen LogP) is 3.89. The van der Waals surface area contributed by atoms with Gasteiger partial charge in [0.1, 0.15) is 13.2 Å². The van der Waals surface area contributed by atoms with E-state index in [1.165, 1.54) is 0 Å². The molecule has 126 valence electrons. The van der Waals surface area contributed by atoms with Gasteiger partial charge in [-0.2, -0.15) is 0 Å². The van der Waals surface area contributed by atoms with E-state index in [9.17, 15) is 4.79 Å². The highest BCUT2D eigenvalue weighted by Crippen LogP contribution is 2.34. The van der Waals surface area contributed by atoms with Crippen molar-refractivity contribution >= 4 is 5.91 Å². The number of hydrogen-bond donors (Lipinski definition) is 1. The van der Waals surface area contributed by atoms with Crippen LogP contribution >= 0.6 is 0 Å². The Hall–Kier alpha value is -2.49. The molecule has 0 saturated carbocycles. The Balaban J connectivity index is 1.82. The second kappa shape index (κ2) is 6.95. The number of benzene rings is 2. The van der Waals surface area contributed by atoms with Crippen LogP contribution in [0.5, 0.6) is 11.5 Å². The quantitative estimate of drug-likeness (QED) is 0.927. The molecule has 4 nitrogen and oxygen atoms in total. The monoisotopic (exact) mass is 325 g/mol. The van der Waals surface area contributed by atoms with E-state index in [1.807, 2.05) is 49.4 Å². The molecular formula is C20H23NO3. The first-order valence-electron chi connectivity index (χ1n) is 8.31. The summed E-state index contributed by atoms with van der Waals surface area (Å²) >= 11 is 0. The summed E-state index contributed by atoms with van der Waals surface area (Å²) in [5.74, 6) is 1.69. The molecule has 0 spiro atoms. The zero-order valence-corrected chi connectivity index (χ0v) is 14.3. The lowest BCUT2D eigenvalue weighted by Gasteiger charge is -2.25. The minimum atomic E-state index is -0.0883. The molecule has 1 N–H and O–H groups in total. The van der Waals surface area contributed by atoms with Crippen molar-refractivity contribution in [1.29, 1.82) is 0 Å². The highest BCUT2D eigenvalue weighted by Gasteiger charge is 2.22. The Morgan fingerprint density at radius 1 is 1.00 bits per heavy atom. The molecule has 0 unspecified atom stereocenters. The lowest BCUT2D eigenvalue weighted by atomic mass is 9.95. The fourth-order valence-electron chi connectivity index (χ4n) is 2.82. The maximum absolute atomic E-state index is 12.6. The lowest BCUT2D eigenvalue weighted by Crippen LogP contribution is -2.31. The van der Waals surface area contributed by atoms with Crippen molar-refractivity contribution in [2.75, 3.05) is 13.2 Å². The first-order chi connectivity index (χ1) is 11.5. The highest BCUT2D eigenvalue weighted by atomic mass is 16.6. The second-order valence-corrected chi connectivity index (χ2v) is 6.46. The van der Waals surface area contributed by atoms with E-state index in [2.05, 4.69) is 19.2 Å². The number of hydrogen-bond acceptors (Lipinski definition) is 3. The maximum atomic E-state index is 12.6. The number of rotatable bonds is 4. The largest absolute Gasteiger partial charge is 0.486 e. The van der Waals surface area contributed by atoms with Crippen LogP contribution in [0.15, 0.2) is 42.5 Å². The van der Waals surface area contributed by atoms with Gasteiger partial charge in [-0.05, 0) is 42.7 Å². The number of carbonyl (C=O) groups is 1. The third kappa shape index (κ3) is 3.53. The van der Waals surface area contributed by atoms with Gasteiger partial charge in [0.25, 0.3) is 5.91 Å². The van der Waals surface area contributed by atoms with Crippen molar-refractivity contribution in [1.82, 2.24) is 5.32 Å². The average Bonchev–Trinajstić information content (AvgIpc) is 2.59. The fourth-order valence-corrected chi connectivity index (χ4v) is 2.82. The van der Waals surface area contributed by atoms with Crippen molar-refractivity contribution in [3.63, 3.8) is 0 Å². The first-order valence-corrected chi connectivity index (χ1v) is 8.31. The molecule has 3 rings (SSSR count). The SMILES string of the molecule is Cc1ccc(C(=O)N[C@H](c2ccc3c(c2)OCCO3)C(C)C)cc1. The van der Waals surface area contributed by atoms with Crippen LogP contribution in [0.1, 0.15) is 41.4 Å². The van der Waals surface area contributed by atoms with Gasteiger partial charge < -0.3 is 14.8 Å². The molecule has 1 aliphatic rings. The van der Waals surface area contributed by atoms with Crippen molar-refractivity contribution in [2.24, 2.45) is 5.92 Å². The Bertz CT molecular complexity index is 722.